The van der Waals surface area contributed by atoms with Crippen LogP contribution in [-0.2, 0) is 28.5 Å². The van der Waals surface area contributed by atoms with Crippen molar-refractivity contribution in [2.75, 3.05) is 6.61 Å². The highest BCUT2D eigenvalue weighted by molar-refractivity contribution is 6.11. The van der Waals surface area contributed by atoms with Crippen molar-refractivity contribution in [3.05, 3.63) is 68.8 Å². The topological polar surface area (TPSA) is 425 Å². The minimum absolute atomic E-state index is 0.405. The third-order valence-electron chi connectivity index (χ3n) is 10.7. The first-order chi connectivity index (χ1) is 30.6. The Morgan fingerprint density at radius 2 is 1.17 bits per heavy atom. The second-order valence-corrected chi connectivity index (χ2v) is 14.5. The SMILES string of the molecule is O=C(O[C@@H]1O[C@@H]2COC(=O)c3cc(O)c(O)c(O)c3-c3c(cc(O)c(O)c3O)C(=O)O[C@H]([C@@H]1O)[C@H]2OC(=O)[C@H]1CC(=O)c2oc(=O)c3cc(O)c(O)c(O)c3c21)c1cc(O)c(O)c(O)c1. The van der Waals surface area contributed by atoms with Crippen LogP contribution in [0.2, 0.25) is 0 Å². The molecule has 338 valence electrons. The van der Waals surface area contributed by atoms with Gasteiger partial charge in [0.25, 0.3) is 0 Å². The van der Waals surface area contributed by atoms with Crippen LogP contribution in [-0.4, -0.2) is 133 Å². The van der Waals surface area contributed by atoms with Crippen molar-refractivity contribution >= 4 is 40.4 Å². The number of hydrogen-bond acceptors (Lipinski definition) is 25. The van der Waals surface area contributed by atoms with E-state index >= 15 is 0 Å². The zero-order valence-corrected chi connectivity index (χ0v) is 32.0. The van der Waals surface area contributed by atoms with Crippen molar-refractivity contribution in [3.63, 3.8) is 0 Å². The number of aliphatic hydroxyl groups is 1. The molecule has 65 heavy (non-hydrogen) atoms. The smallest absolute Gasteiger partial charge is 0.344 e. The molecular formula is C40H28O25. The third kappa shape index (κ3) is 6.73. The van der Waals surface area contributed by atoms with E-state index in [0.29, 0.717) is 30.3 Å². The molecule has 2 aliphatic heterocycles. The lowest BCUT2D eigenvalue weighted by Gasteiger charge is -2.43. The van der Waals surface area contributed by atoms with Crippen molar-refractivity contribution in [2.45, 2.75) is 43.0 Å². The van der Waals surface area contributed by atoms with Crippen molar-refractivity contribution < 1.29 is 118 Å². The maximum absolute atomic E-state index is 14.3. The predicted molar refractivity (Wildman–Crippen MR) is 202 cm³/mol. The summed E-state index contributed by atoms with van der Waals surface area (Å²) in [7, 11) is 0. The molecule has 0 spiro atoms. The molecule has 13 N–H and O–H groups in total. The van der Waals surface area contributed by atoms with Crippen molar-refractivity contribution in [2.24, 2.45) is 0 Å². The Morgan fingerprint density at radius 3 is 1.77 bits per heavy atom. The lowest BCUT2D eigenvalue weighted by molar-refractivity contribution is -0.288. The summed E-state index contributed by atoms with van der Waals surface area (Å²) in [5.41, 5.74) is -6.74. The van der Waals surface area contributed by atoms with E-state index < -0.39 is 204 Å². The summed E-state index contributed by atoms with van der Waals surface area (Å²) in [4.78, 5) is 81.7. The van der Waals surface area contributed by atoms with Crippen LogP contribution in [0.15, 0.2) is 39.5 Å². The Kier molecular flexibility index (Phi) is 10.0. The number of carbonyl (C=O) groups is 5. The van der Waals surface area contributed by atoms with Gasteiger partial charge >= 0.3 is 29.5 Å². The number of benzene rings is 4. The molecule has 3 heterocycles. The highest BCUT2D eigenvalue weighted by atomic mass is 16.7. The molecule has 8 rings (SSSR count). The molecule has 1 fully saturated rings. The first kappa shape index (κ1) is 42.8. The van der Waals surface area contributed by atoms with Crippen molar-refractivity contribution in [3.8, 4) is 80.1 Å². The van der Waals surface area contributed by atoms with Crippen molar-refractivity contribution in [1.82, 2.24) is 0 Å². The molecule has 3 aliphatic rings. The molecule has 4 aromatic carbocycles. The normalized spacial score (nSPS) is 21.5. The van der Waals surface area contributed by atoms with Gasteiger partial charge in [0.1, 0.15) is 12.7 Å². The molecule has 0 amide bonds. The van der Waals surface area contributed by atoms with Crippen molar-refractivity contribution in [1.29, 1.82) is 0 Å². The Bertz CT molecular complexity index is 3000. The van der Waals surface area contributed by atoms with Crippen LogP contribution in [0.25, 0.3) is 21.9 Å². The Labute approximate surface area is 357 Å². The van der Waals surface area contributed by atoms with E-state index in [1.54, 1.807) is 0 Å². The molecule has 1 aliphatic carbocycles. The van der Waals surface area contributed by atoms with E-state index in [2.05, 4.69) is 0 Å². The lowest BCUT2D eigenvalue weighted by atomic mass is 9.91. The molecule has 25 heteroatoms. The number of esters is 4. The number of Topliss-reactive ketones (excluding diaryl/α,β-unsaturated/α-hetero) is 1. The molecule has 0 unspecified atom stereocenters. The average Bonchev–Trinajstić information content (AvgIpc) is 3.59. The molecule has 6 atom stereocenters. The number of rotatable bonds is 4. The molecule has 0 saturated carbocycles. The second-order valence-electron chi connectivity index (χ2n) is 14.5. The van der Waals surface area contributed by atoms with Crippen LogP contribution in [0.4, 0.5) is 0 Å². The summed E-state index contributed by atoms with van der Waals surface area (Å²) in [6.07, 6.45) is -12.6. The molecule has 1 aromatic heterocycles. The van der Waals surface area contributed by atoms with Gasteiger partial charge in [-0.2, -0.15) is 0 Å². The maximum atomic E-state index is 14.3. The second kappa shape index (κ2) is 15.2. The quantitative estimate of drug-likeness (QED) is 0.0675. The minimum atomic E-state index is -2.54. The fourth-order valence-corrected chi connectivity index (χ4v) is 7.57. The summed E-state index contributed by atoms with van der Waals surface area (Å²) in [5, 5.41) is 135. The number of cyclic esters (lactones) is 1. The highest BCUT2D eigenvalue weighted by Gasteiger charge is 2.54. The summed E-state index contributed by atoms with van der Waals surface area (Å²) in [6.45, 7) is -1.22. The number of fused-ring (bicyclic) bond motifs is 8. The molecule has 0 radical (unpaired) electrons. The van der Waals surface area contributed by atoms with Gasteiger partial charge in [0.15, 0.2) is 81.6 Å². The molecular weight excluding hydrogens is 880 g/mol. The van der Waals surface area contributed by atoms with Crippen LogP contribution >= 0.6 is 0 Å². The van der Waals surface area contributed by atoms with Gasteiger partial charge in [-0.25, -0.2) is 19.2 Å². The van der Waals surface area contributed by atoms with Gasteiger partial charge in [-0.05, 0) is 30.3 Å². The fraction of sp³-hybridized carbons (Fsp3) is 0.200. The number of aromatic hydroxyl groups is 12. The van der Waals surface area contributed by atoms with Crippen LogP contribution in [0.5, 0.6) is 69.0 Å². The summed E-state index contributed by atoms with van der Waals surface area (Å²) >= 11 is 0. The monoisotopic (exact) mass is 908 g/mol. The number of carbonyl (C=O) groups excluding carboxylic acids is 5. The van der Waals surface area contributed by atoms with Gasteiger partial charge in [0.2, 0.25) is 23.5 Å². The molecule has 25 nitrogen and oxygen atoms in total. The van der Waals surface area contributed by atoms with Gasteiger partial charge in [0, 0.05) is 28.5 Å². The first-order valence-electron chi connectivity index (χ1n) is 18.3. The zero-order chi connectivity index (χ0) is 47.2. The Morgan fingerprint density at radius 1 is 0.631 bits per heavy atom. The number of aliphatic hydroxyl groups excluding tert-OH is 1. The van der Waals surface area contributed by atoms with Gasteiger partial charge in [-0.15, -0.1) is 0 Å². The van der Waals surface area contributed by atoms with E-state index in [0.717, 1.165) is 0 Å². The third-order valence-corrected chi connectivity index (χ3v) is 10.7. The Balaban J connectivity index is 1.27. The highest BCUT2D eigenvalue weighted by Crippen LogP contribution is 2.53. The first-order valence-corrected chi connectivity index (χ1v) is 18.3. The van der Waals surface area contributed by atoms with E-state index in [1.807, 2.05) is 0 Å². The van der Waals surface area contributed by atoms with Gasteiger partial charge in [-0.1, -0.05) is 0 Å². The van der Waals surface area contributed by atoms with Crippen LogP contribution < -0.4 is 5.63 Å². The number of ketones is 1. The zero-order valence-electron chi connectivity index (χ0n) is 32.0. The molecule has 2 bridgehead atoms. The van der Waals surface area contributed by atoms with E-state index in [9.17, 15) is 95.2 Å². The van der Waals surface area contributed by atoms with E-state index in [-0.39, 0.29) is 0 Å². The number of phenolic OH excluding ortho intramolecular Hbond substituents is 12. The maximum Gasteiger partial charge on any atom is 0.344 e. The van der Waals surface area contributed by atoms with Crippen LogP contribution in [0, 0.1) is 0 Å². The largest absolute Gasteiger partial charge is 0.504 e. The van der Waals surface area contributed by atoms with E-state index in [1.165, 1.54) is 0 Å². The Hall–Kier alpha value is -8.84. The molecule has 5 aromatic rings. The fourth-order valence-electron chi connectivity index (χ4n) is 7.57. The molecule has 1 saturated heterocycles. The summed E-state index contributed by atoms with van der Waals surface area (Å²) in [5.74, 6) is -24.7. The van der Waals surface area contributed by atoms with E-state index in [4.69, 9.17) is 28.1 Å². The average molecular weight is 909 g/mol. The predicted octanol–water partition coefficient (Wildman–Crippen LogP) is 0.848. The number of phenols is 12. The van der Waals surface area contributed by atoms with Gasteiger partial charge in [0.05, 0.1) is 28.0 Å². The van der Waals surface area contributed by atoms with Gasteiger partial charge in [-0.3, -0.25) is 9.59 Å². The van der Waals surface area contributed by atoms with Gasteiger partial charge < -0.3 is 94.5 Å². The lowest BCUT2D eigenvalue weighted by Crippen LogP contribution is -2.62. The standard InChI is InChI=1S/C40H28O25/c41-13-1-8(2-14(42)24(13)47)35(55)65-40-31(54)34-33(63-39(59)12-6-18(46)32-23(12)22-11(37(57)62-32)5-17(45)27(50)30(22)53)19(61-40)7-60-36(56)9-3-15(43)25(48)28(51)20(9)21-10(38(58)64-34)4-16(44)26(49)29(21)52/h1-5,12,19,31,33-34,40-45,47-54H,6-7H2/t12-,19+,31-,33-,34+,40-/m0/s1. The summed E-state index contributed by atoms with van der Waals surface area (Å²) in [6, 6.07) is 2.75. The number of ether oxygens (including phenoxy) is 5. The van der Waals surface area contributed by atoms with Crippen LogP contribution in [0.3, 0.4) is 0 Å². The summed E-state index contributed by atoms with van der Waals surface area (Å²) < 4.78 is 32.7. The van der Waals surface area contributed by atoms with Crippen LogP contribution in [0.1, 0.15) is 59.5 Å². The number of hydrogen-bond donors (Lipinski definition) is 13. The minimum Gasteiger partial charge on any atom is -0.504 e.